The summed E-state index contributed by atoms with van der Waals surface area (Å²) in [6.07, 6.45) is 0.785. The van der Waals surface area contributed by atoms with Gasteiger partial charge in [-0.25, -0.2) is 0 Å². The Morgan fingerprint density at radius 3 is 1.50 bits per heavy atom. The third-order valence-electron chi connectivity index (χ3n) is 4.40. The summed E-state index contributed by atoms with van der Waals surface area (Å²) in [5.74, 6) is 0. The van der Waals surface area contributed by atoms with Crippen molar-refractivity contribution in [3.8, 4) is 0 Å². The molecule has 2 atom stereocenters. The number of epoxide rings is 2. The van der Waals surface area contributed by atoms with Gasteiger partial charge in [-0.15, -0.1) is 0 Å². The zero-order chi connectivity index (χ0) is 16.8. The number of benzene rings is 2. The van der Waals surface area contributed by atoms with E-state index in [1.165, 1.54) is 11.1 Å². The Morgan fingerprint density at radius 1 is 0.792 bits per heavy atom. The van der Waals surface area contributed by atoms with Crippen LogP contribution in [-0.4, -0.2) is 38.6 Å². The summed E-state index contributed by atoms with van der Waals surface area (Å²) in [4.78, 5) is 0. The predicted octanol–water partition coefficient (Wildman–Crippen LogP) is 3.81. The molecule has 0 saturated carbocycles. The van der Waals surface area contributed by atoms with E-state index < -0.39 is 0 Å². The molecule has 0 radical (unpaired) electrons. The van der Waals surface area contributed by atoms with E-state index in [1.54, 1.807) is 0 Å². The number of rotatable bonds is 6. The van der Waals surface area contributed by atoms with Gasteiger partial charge >= 0.3 is 0 Å². The Kier molecular flexibility index (Phi) is 5.67. The monoisotopic (exact) mass is 326 g/mol. The number of hydrogen-bond donors (Lipinski definition) is 0. The lowest BCUT2D eigenvalue weighted by Crippen LogP contribution is -2.18. The summed E-state index contributed by atoms with van der Waals surface area (Å²) in [5.41, 5.74) is 2.80. The van der Waals surface area contributed by atoms with E-state index in [0.29, 0.717) is 12.2 Å². The van der Waals surface area contributed by atoms with E-state index >= 15 is 0 Å². The summed E-state index contributed by atoms with van der Waals surface area (Å²) in [6.45, 7) is 7.78. The Labute approximate surface area is 144 Å². The van der Waals surface area contributed by atoms with Gasteiger partial charge < -0.3 is 14.2 Å². The maximum Gasteiger partial charge on any atom is 0.104 e. The molecule has 2 aliphatic heterocycles. The predicted molar refractivity (Wildman–Crippen MR) is 95.3 cm³/mol. The van der Waals surface area contributed by atoms with Crippen LogP contribution < -0.4 is 0 Å². The van der Waals surface area contributed by atoms with Gasteiger partial charge in [-0.3, -0.25) is 0 Å². The van der Waals surface area contributed by atoms with Crippen LogP contribution in [0.25, 0.3) is 0 Å². The van der Waals surface area contributed by atoms with Crippen molar-refractivity contribution in [2.75, 3.05) is 26.4 Å². The normalized spacial score (nSPS) is 21.6. The van der Waals surface area contributed by atoms with Gasteiger partial charge in [0.2, 0.25) is 0 Å². The molecule has 0 bridgehead atoms. The second-order valence-electron chi connectivity index (χ2n) is 6.81. The van der Waals surface area contributed by atoms with Crippen molar-refractivity contribution in [3.63, 3.8) is 0 Å². The lowest BCUT2D eigenvalue weighted by molar-refractivity contribution is 0.102. The second-order valence-corrected chi connectivity index (χ2v) is 6.81. The van der Waals surface area contributed by atoms with E-state index in [4.69, 9.17) is 14.2 Å². The molecule has 2 saturated heterocycles. The van der Waals surface area contributed by atoms with E-state index in [2.05, 4.69) is 74.5 Å². The molecule has 2 aromatic rings. The molecular formula is C21H26O3. The van der Waals surface area contributed by atoms with Crippen LogP contribution in [0.2, 0.25) is 0 Å². The molecule has 24 heavy (non-hydrogen) atoms. The average Bonchev–Trinajstić information content (AvgIpc) is 3.53. The van der Waals surface area contributed by atoms with Crippen LogP contribution >= 0.6 is 0 Å². The Balaban J connectivity index is 0.000000159. The highest BCUT2D eigenvalue weighted by Crippen LogP contribution is 2.30. The minimum Gasteiger partial charge on any atom is -0.376 e. The first-order valence-corrected chi connectivity index (χ1v) is 8.58. The summed E-state index contributed by atoms with van der Waals surface area (Å²) in [7, 11) is 0. The van der Waals surface area contributed by atoms with Gasteiger partial charge in [0.1, 0.15) is 12.2 Å². The van der Waals surface area contributed by atoms with Crippen molar-refractivity contribution >= 4 is 0 Å². The maximum atomic E-state index is 5.23. The zero-order valence-electron chi connectivity index (χ0n) is 14.5. The smallest absolute Gasteiger partial charge is 0.104 e. The Hall–Kier alpha value is -1.68. The fourth-order valence-corrected chi connectivity index (χ4v) is 2.54. The van der Waals surface area contributed by atoms with Crippen LogP contribution in [0.5, 0.6) is 0 Å². The molecule has 2 aromatic carbocycles. The van der Waals surface area contributed by atoms with E-state index in [1.807, 2.05) is 0 Å². The summed E-state index contributed by atoms with van der Waals surface area (Å²) in [6, 6.07) is 21.3. The molecule has 2 unspecified atom stereocenters. The molecule has 4 rings (SSSR count). The van der Waals surface area contributed by atoms with Crippen molar-refractivity contribution in [3.05, 3.63) is 71.8 Å². The van der Waals surface area contributed by atoms with E-state index in [9.17, 15) is 0 Å². The molecule has 0 spiro atoms. The van der Waals surface area contributed by atoms with Crippen LogP contribution in [0, 0.1) is 0 Å². The first-order chi connectivity index (χ1) is 11.7. The first kappa shape index (κ1) is 17.2. The van der Waals surface area contributed by atoms with Gasteiger partial charge in [-0.1, -0.05) is 74.5 Å². The van der Waals surface area contributed by atoms with Crippen LogP contribution in [0.3, 0.4) is 0 Å². The molecule has 0 N–H and O–H groups in total. The zero-order valence-corrected chi connectivity index (χ0v) is 14.5. The molecule has 2 heterocycles. The molecule has 3 nitrogen and oxygen atoms in total. The molecule has 3 heteroatoms. The van der Waals surface area contributed by atoms with E-state index in [-0.39, 0.29) is 5.41 Å². The fourth-order valence-electron chi connectivity index (χ4n) is 2.54. The molecule has 2 aliphatic rings. The van der Waals surface area contributed by atoms with Gasteiger partial charge in [0.05, 0.1) is 26.4 Å². The van der Waals surface area contributed by atoms with E-state index in [0.717, 1.165) is 26.4 Å². The van der Waals surface area contributed by atoms with Crippen molar-refractivity contribution in [1.82, 2.24) is 0 Å². The highest BCUT2D eigenvalue weighted by Gasteiger charge is 2.26. The summed E-state index contributed by atoms with van der Waals surface area (Å²) in [5, 5.41) is 0. The van der Waals surface area contributed by atoms with Gasteiger partial charge in [-0.2, -0.15) is 0 Å². The van der Waals surface area contributed by atoms with Gasteiger partial charge in [0.25, 0.3) is 0 Å². The number of hydrogen-bond acceptors (Lipinski definition) is 3. The minimum absolute atomic E-state index is 0.0858. The maximum absolute atomic E-state index is 5.23. The van der Waals surface area contributed by atoms with Crippen molar-refractivity contribution in [1.29, 1.82) is 0 Å². The van der Waals surface area contributed by atoms with Crippen molar-refractivity contribution < 1.29 is 14.2 Å². The SMILES string of the molecule is C(OCC1CO1)C1CO1.CC(C)(c1ccccc1)c1ccccc1. The third kappa shape index (κ3) is 5.17. The van der Waals surface area contributed by atoms with Crippen molar-refractivity contribution in [2.45, 2.75) is 31.5 Å². The molecule has 0 aliphatic carbocycles. The quantitative estimate of drug-likeness (QED) is 0.757. The lowest BCUT2D eigenvalue weighted by atomic mass is 9.78. The van der Waals surface area contributed by atoms with Crippen LogP contribution in [0.15, 0.2) is 60.7 Å². The molecule has 128 valence electrons. The topological polar surface area (TPSA) is 34.3 Å². The average molecular weight is 326 g/mol. The molecule has 2 fully saturated rings. The van der Waals surface area contributed by atoms with Crippen LogP contribution in [0.1, 0.15) is 25.0 Å². The minimum atomic E-state index is 0.0858. The Bertz CT molecular complexity index is 548. The highest BCUT2D eigenvalue weighted by atomic mass is 16.6. The second kappa shape index (κ2) is 7.93. The largest absolute Gasteiger partial charge is 0.376 e. The lowest BCUT2D eigenvalue weighted by Gasteiger charge is -2.25. The van der Waals surface area contributed by atoms with Crippen LogP contribution in [-0.2, 0) is 19.6 Å². The van der Waals surface area contributed by atoms with Gasteiger partial charge in [0, 0.05) is 5.41 Å². The highest BCUT2D eigenvalue weighted by molar-refractivity contribution is 5.36. The summed E-state index contributed by atoms with van der Waals surface area (Å²) < 4.78 is 15.1. The first-order valence-electron chi connectivity index (χ1n) is 8.58. The Morgan fingerprint density at radius 2 is 1.17 bits per heavy atom. The summed E-state index contributed by atoms with van der Waals surface area (Å²) >= 11 is 0. The number of ether oxygens (including phenoxy) is 3. The standard InChI is InChI=1S/C15H16.C6H10O3/c1-15(2,13-9-5-3-6-10-13)14-11-7-4-8-12-14;1(5-3-8-5)7-2-6-4-9-6/h3-12H,1-2H3;5-6H,1-4H2. The molecule has 0 aromatic heterocycles. The van der Waals surface area contributed by atoms with Crippen molar-refractivity contribution in [2.24, 2.45) is 0 Å². The molecular weight excluding hydrogens is 300 g/mol. The third-order valence-corrected chi connectivity index (χ3v) is 4.40. The molecule has 0 amide bonds. The van der Waals surface area contributed by atoms with Gasteiger partial charge in [-0.05, 0) is 11.1 Å². The van der Waals surface area contributed by atoms with Crippen LogP contribution in [0.4, 0.5) is 0 Å². The van der Waals surface area contributed by atoms with Gasteiger partial charge in [0.15, 0.2) is 0 Å². The fraction of sp³-hybridized carbons (Fsp3) is 0.429.